The minimum Gasteiger partial charge on any atom is -0.453 e. The van der Waals surface area contributed by atoms with E-state index in [1.807, 2.05) is 0 Å². The molecule has 1 aliphatic rings. The highest BCUT2D eigenvalue weighted by Crippen LogP contribution is 2.40. The minimum atomic E-state index is -4.69. The fourth-order valence-corrected chi connectivity index (χ4v) is 3.68. The Hall–Kier alpha value is -3.04. The van der Waals surface area contributed by atoms with Crippen LogP contribution in [0, 0.1) is 0 Å². The molecule has 2 aromatic heterocycles. The molecule has 4 rings (SSSR count). The SMILES string of the molecule is O=Cc1ccc(-c2cc(C(F)(F)F)ccc2-n2nc(C(F)(F)F)c3c2CCCC3)o1. The van der Waals surface area contributed by atoms with Gasteiger partial charge in [0.05, 0.1) is 11.3 Å². The smallest absolute Gasteiger partial charge is 0.435 e. The van der Waals surface area contributed by atoms with Crippen molar-refractivity contribution < 1.29 is 35.6 Å². The third kappa shape index (κ3) is 3.50. The van der Waals surface area contributed by atoms with Gasteiger partial charge in [-0.05, 0) is 56.0 Å². The first-order chi connectivity index (χ1) is 14.1. The van der Waals surface area contributed by atoms with Crippen molar-refractivity contribution in [2.24, 2.45) is 0 Å². The Kier molecular flexibility index (Phi) is 4.74. The second-order valence-electron chi connectivity index (χ2n) is 6.94. The summed E-state index contributed by atoms with van der Waals surface area (Å²) in [6.45, 7) is 0. The van der Waals surface area contributed by atoms with Crippen molar-refractivity contribution in [1.29, 1.82) is 0 Å². The molecule has 0 saturated carbocycles. The van der Waals surface area contributed by atoms with Crippen molar-refractivity contribution in [3.63, 3.8) is 0 Å². The number of carbonyl (C=O) groups is 1. The predicted octanol–water partition coefficient (Wildman–Crippen LogP) is 5.86. The zero-order valence-corrected chi connectivity index (χ0v) is 15.3. The van der Waals surface area contributed by atoms with Gasteiger partial charge in [-0.25, -0.2) is 4.68 Å². The Balaban J connectivity index is 1.97. The lowest BCUT2D eigenvalue weighted by atomic mass is 9.95. The molecule has 0 amide bonds. The number of aromatic nitrogens is 2. The molecule has 2 heterocycles. The predicted molar refractivity (Wildman–Crippen MR) is 93.3 cm³/mol. The van der Waals surface area contributed by atoms with E-state index < -0.39 is 23.6 Å². The monoisotopic (exact) mass is 428 g/mol. The van der Waals surface area contributed by atoms with Gasteiger partial charge in [0.1, 0.15) is 5.76 Å². The third-order valence-electron chi connectivity index (χ3n) is 5.01. The Morgan fingerprint density at radius 2 is 1.70 bits per heavy atom. The summed E-state index contributed by atoms with van der Waals surface area (Å²) in [7, 11) is 0. The normalized spacial score (nSPS) is 14.6. The van der Waals surface area contributed by atoms with E-state index in [1.165, 1.54) is 12.1 Å². The second kappa shape index (κ2) is 7.03. The minimum absolute atomic E-state index is 0.0171. The van der Waals surface area contributed by atoms with E-state index >= 15 is 0 Å². The van der Waals surface area contributed by atoms with Crippen molar-refractivity contribution in [3.05, 3.63) is 58.6 Å². The Bertz CT molecular complexity index is 1110. The van der Waals surface area contributed by atoms with Gasteiger partial charge in [0, 0.05) is 16.8 Å². The zero-order valence-electron chi connectivity index (χ0n) is 15.3. The molecule has 1 aliphatic carbocycles. The van der Waals surface area contributed by atoms with E-state index in [4.69, 9.17) is 4.42 Å². The van der Waals surface area contributed by atoms with Crippen LogP contribution in [0.1, 0.15) is 45.9 Å². The molecule has 0 atom stereocenters. The average molecular weight is 428 g/mol. The molecule has 158 valence electrons. The molecule has 1 aromatic carbocycles. The Labute approximate surface area is 166 Å². The molecule has 0 radical (unpaired) electrons. The lowest BCUT2D eigenvalue weighted by Gasteiger charge is -2.17. The van der Waals surface area contributed by atoms with Crippen molar-refractivity contribution in [3.8, 4) is 17.0 Å². The van der Waals surface area contributed by atoms with Crippen molar-refractivity contribution in [2.45, 2.75) is 38.0 Å². The number of hydrogen-bond acceptors (Lipinski definition) is 3. The highest BCUT2D eigenvalue weighted by atomic mass is 19.4. The number of furan rings is 1. The molecule has 0 fully saturated rings. The Morgan fingerprint density at radius 1 is 0.967 bits per heavy atom. The lowest BCUT2D eigenvalue weighted by Crippen LogP contribution is -2.11. The summed E-state index contributed by atoms with van der Waals surface area (Å²) in [6, 6.07) is 5.21. The van der Waals surface area contributed by atoms with Gasteiger partial charge in [-0.2, -0.15) is 31.4 Å². The summed E-state index contributed by atoms with van der Waals surface area (Å²) in [4.78, 5) is 10.9. The van der Waals surface area contributed by atoms with E-state index in [-0.39, 0.29) is 34.8 Å². The summed E-state index contributed by atoms with van der Waals surface area (Å²) >= 11 is 0. The summed E-state index contributed by atoms with van der Waals surface area (Å²) in [5.41, 5.74) is -1.74. The van der Waals surface area contributed by atoms with Gasteiger partial charge >= 0.3 is 12.4 Å². The summed E-state index contributed by atoms with van der Waals surface area (Å²) in [5, 5.41) is 3.74. The first-order valence-electron chi connectivity index (χ1n) is 9.04. The van der Waals surface area contributed by atoms with Gasteiger partial charge < -0.3 is 4.42 Å². The van der Waals surface area contributed by atoms with Crippen LogP contribution in [-0.2, 0) is 25.2 Å². The summed E-state index contributed by atoms with van der Waals surface area (Å²) in [5.74, 6) is -0.196. The fraction of sp³-hybridized carbons (Fsp3) is 0.300. The number of aldehydes is 1. The first kappa shape index (κ1) is 20.2. The molecule has 0 saturated heterocycles. The average Bonchev–Trinajstić information content (AvgIpc) is 3.31. The van der Waals surface area contributed by atoms with Crippen LogP contribution in [0.2, 0.25) is 0 Å². The zero-order chi connectivity index (χ0) is 21.7. The van der Waals surface area contributed by atoms with Gasteiger partial charge in [-0.3, -0.25) is 4.79 Å². The van der Waals surface area contributed by atoms with E-state index in [0.717, 1.165) is 22.9 Å². The molecule has 0 N–H and O–H groups in total. The van der Waals surface area contributed by atoms with Gasteiger partial charge in [0.15, 0.2) is 17.7 Å². The number of rotatable bonds is 3. The van der Waals surface area contributed by atoms with Crippen LogP contribution in [0.5, 0.6) is 0 Å². The molecule has 4 nitrogen and oxygen atoms in total. The van der Waals surface area contributed by atoms with Gasteiger partial charge in [-0.15, -0.1) is 0 Å². The number of halogens is 6. The quantitative estimate of drug-likeness (QED) is 0.388. The van der Waals surface area contributed by atoms with Crippen molar-refractivity contribution in [2.75, 3.05) is 0 Å². The molecule has 30 heavy (non-hydrogen) atoms. The van der Waals surface area contributed by atoms with Crippen LogP contribution in [0.15, 0.2) is 34.7 Å². The molecule has 0 aliphatic heterocycles. The molecule has 0 bridgehead atoms. The lowest BCUT2D eigenvalue weighted by molar-refractivity contribution is -0.142. The first-order valence-corrected chi connectivity index (χ1v) is 9.04. The number of benzene rings is 1. The van der Waals surface area contributed by atoms with Crippen LogP contribution >= 0.6 is 0 Å². The number of hydrogen-bond donors (Lipinski definition) is 0. The van der Waals surface area contributed by atoms with Crippen molar-refractivity contribution >= 4 is 6.29 Å². The van der Waals surface area contributed by atoms with Gasteiger partial charge in [0.2, 0.25) is 0 Å². The highest BCUT2D eigenvalue weighted by Gasteiger charge is 2.40. The number of fused-ring (bicyclic) bond motifs is 1. The van der Waals surface area contributed by atoms with Crippen LogP contribution in [0.3, 0.4) is 0 Å². The molecule has 0 unspecified atom stereocenters. The maximum Gasteiger partial charge on any atom is 0.435 e. The van der Waals surface area contributed by atoms with E-state index in [9.17, 15) is 31.1 Å². The van der Waals surface area contributed by atoms with E-state index in [1.54, 1.807) is 0 Å². The van der Waals surface area contributed by atoms with Crippen LogP contribution in [-0.4, -0.2) is 16.1 Å². The number of nitrogens with zero attached hydrogens (tertiary/aromatic N) is 2. The molecule has 3 aromatic rings. The number of alkyl halides is 6. The molecular formula is C20H14F6N2O2. The molecule has 10 heteroatoms. The maximum atomic E-state index is 13.5. The van der Waals surface area contributed by atoms with Crippen LogP contribution < -0.4 is 0 Å². The standard InChI is InChI=1S/C20H14F6N2O2/c21-19(22,23)11-5-7-16(14(9-11)17-8-6-12(10-29)30-17)28-15-4-2-1-3-13(15)18(27-28)20(24,25)26/h5-10H,1-4H2. The summed E-state index contributed by atoms with van der Waals surface area (Å²) in [6.07, 6.45) is -7.26. The maximum absolute atomic E-state index is 13.5. The molecular weight excluding hydrogens is 414 g/mol. The van der Waals surface area contributed by atoms with Gasteiger partial charge in [0.25, 0.3) is 0 Å². The Morgan fingerprint density at radius 3 is 2.33 bits per heavy atom. The van der Waals surface area contributed by atoms with Gasteiger partial charge in [-0.1, -0.05) is 0 Å². The van der Waals surface area contributed by atoms with Crippen LogP contribution in [0.4, 0.5) is 26.3 Å². The molecule has 0 spiro atoms. The highest BCUT2D eigenvalue weighted by molar-refractivity contribution is 5.76. The van der Waals surface area contributed by atoms with E-state index in [2.05, 4.69) is 5.10 Å². The van der Waals surface area contributed by atoms with Crippen LogP contribution in [0.25, 0.3) is 17.0 Å². The van der Waals surface area contributed by atoms with Crippen molar-refractivity contribution in [1.82, 2.24) is 9.78 Å². The fourth-order valence-electron chi connectivity index (χ4n) is 3.68. The number of carbonyl (C=O) groups excluding carboxylic acids is 1. The third-order valence-corrected chi connectivity index (χ3v) is 5.01. The topological polar surface area (TPSA) is 48.0 Å². The largest absolute Gasteiger partial charge is 0.453 e. The summed E-state index contributed by atoms with van der Waals surface area (Å²) < 4.78 is 86.7. The van der Waals surface area contributed by atoms with E-state index in [0.29, 0.717) is 31.2 Å². The second-order valence-corrected chi connectivity index (χ2v) is 6.94.